The van der Waals surface area contributed by atoms with E-state index in [1.165, 1.54) is 116 Å². The topological polar surface area (TPSA) is 23.5 Å². The summed E-state index contributed by atoms with van der Waals surface area (Å²) < 4.78 is 0. The van der Waals surface area contributed by atoms with Crippen LogP contribution in [0.3, 0.4) is 0 Å². The molecule has 252 valence electrons. The van der Waals surface area contributed by atoms with Crippen LogP contribution in [0.1, 0.15) is 134 Å². The number of rotatable bonds is 17. The van der Waals surface area contributed by atoms with Gasteiger partial charge in [0.15, 0.2) is 0 Å². The van der Waals surface area contributed by atoms with Gasteiger partial charge in [0.05, 0.1) is 0 Å². The summed E-state index contributed by atoms with van der Waals surface area (Å²) in [4.78, 5) is 2.41. The van der Waals surface area contributed by atoms with Gasteiger partial charge in [-0.2, -0.15) is 0 Å². The Morgan fingerprint density at radius 1 is 0.562 bits per heavy atom. The van der Waals surface area contributed by atoms with Crippen LogP contribution in [0.25, 0.3) is 11.1 Å². The first-order valence-electron chi connectivity index (χ1n) is 18.8. The Hall–Kier alpha value is -3.80. The lowest BCUT2D eigenvalue weighted by Crippen LogP contribution is -2.26. The predicted molar refractivity (Wildman–Crippen MR) is 207 cm³/mol. The summed E-state index contributed by atoms with van der Waals surface area (Å²) in [7, 11) is 0. The van der Waals surface area contributed by atoms with Crippen molar-refractivity contribution in [1.29, 1.82) is 0 Å². The molecule has 0 spiro atoms. The largest absolute Gasteiger partial charge is 0.378 e. The molecule has 1 aliphatic carbocycles. The van der Waals surface area contributed by atoms with Crippen LogP contribution >= 0.6 is 0 Å². The third kappa shape index (κ3) is 8.80. The third-order valence-electron chi connectivity index (χ3n) is 10.1. The van der Waals surface area contributed by atoms with Crippen LogP contribution < -0.4 is 4.90 Å². The van der Waals surface area contributed by atoms with Crippen LogP contribution in [0.4, 0.5) is 17.1 Å². The fourth-order valence-corrected chi connectivity index (χ4v) is 7.60. The van der Waals surface area contributed by atoms with E-state index in [2.05, 4.69) is 128 Å². The molecule has 0 aromatic heterocycles. The van der Waals surface area contributed by atoms with E-state index in [0.717, 1.165) is 18.4 Å². The number of fused-ring (bicyclic) bond motifs is 3. The molecule has 1 aliphatic rings. The Morgan fingerprint density at radius 2 is 1.04 bits per heavy atom. The molecule has 0 bridgehead atoms. The molecule has 0 fully saturated rings. The van der Waals surface area contributed by atoms with Crippen molar-refractivity contribution >= 4 is 17.1 Å². The zero-order valence-corrected chi connectivity index (χ0v) is 30.0. The van der Waals surface area contributed by atoms with Crippen molar-refractivity contribution in [3.05, 3.63) is 114 Å². The quantitative estimate of drug-likeness (QED) is 0.0918. The van der Waals surface area contributed by atoms with Gasteiger partial charge in [0.25, 0.3) is 0 Å². The van der Waals surface area contributed by atoms with E-state index in [9.17, 15) is 5.11 Å². The highest BCUT2D eigenvalue weighted by Crippen LogP contribution is 2.56. The Labute approximate surface area is 291 Å². The number of hydrogen-bond donors (Lipinski definition) is 1. The van der Waals surface area contributed by atoms with Gasteiger partial charge < -0.3 is 10.0 Å². The number of para-hydroxylation sites is 2. The lowest BCUT2D eigenvalue weighted by atomic mass is 9.70. The Kier molecular flexibility index (Phi) is 12.6. The molecular weight excluding hydrogens is 583 g/mol. The minimum absolute atomic E-state index is 0.0678. The molecule has 4 aromatic carbocycles. The van der Waals surface area contributed by atoms with Gasteiger partial charge in [-0.25, -0.2) is 0 Å². The molecule has 0 heterocycles. The highest BCUT2D eigenvalue weighted by Gasteiger charge is 2.42. The van der Waals surface area contributed by atoms with Crippen molar-refractivity contribution in [2.45, 2.75) is 129 Å². The highest BCUT2D eigenvalue weighted by molar-refractivity contribution is 5.86. The number of hydrogen-bond acceptors (Lipinski definition) is 2. The Balaban J connectivity index is 1.62. The molecule has 0 unspecified atom stereocenters. The van der Waals surface area contributed by atoms with Gasteiger partial charge in [-0.15, -0.1) is 0 Å². The van der Waals surface area contributed by atoms with Crippen molar-refractivity contribution in [1.82, 2.24) is 0 Å². The molecule has 2 heteroatoms. The monoisotopic (exact) mass is 639 g/mol. The van der Waals surface area contributed by atoms with E-state index in [1.807, 2.05) is 0 Å². The molecule has 0 saturated heterocycles. The minimum Gasteiger partial charge on any atom is -0.378 e. The maximum absolute atomic E-state index is 10.4. The zero-order chi connectivity index (χ0) is 33.8. The van der Waals surface area contributed by atoms with Crippen LogP contribution in [-0.4, -0.2) is 10.7 Å². The zero-order valence-electron chi connectivity index (χ0n) is 30.0. The fourth-order valence-electron chi connectivity index (χ4n) is 7.60. The second-order valence-corrected chi connectivity index (χ2v) is 14.4. The van der Waals surface area contributed by atoms with Crippen molar-refractivity contribution in [2.75, 3.05) is 4.90 Å². The summed E-state index contributed by atoms with van der Waals surface area (Å²) in [6, 6.07) is 35.6. The molecular formula is C46H57NO. The summed E-state index contributed by atoms with van der Waals surface area (Å²) in [6.45, 7) is 8.12. The van der Waals surface area contributed by atoms with Gasteiger partial charge in [-0.1, -0.05) is 151 Å². The van der Waals surface area contributed by atoms with E-state index < -0.39 is 5.60 Å². The number of nitrogens with zero attached hydrogens (tertiary/aromatic N) is 1. The predicted octanol–water partition coefficient (Wildman–Crippen LogP) is 13.0. The number of anilines is 3. The van der Waals surface area contributed by atoms with Crippen molar-refractivity contribution in [3.8, 4) is 23.0 Å². The smallest absolute Gasteiger partial charge is 0.120 e. The average Bonchev–Trinajstić information content (AvgIpc) is 3.36. The van der Waals surface area contributed by atoms with Gasteiger partial charge in [0.1, 0.15) is 5.60 Å². The Bertz CT molecular complexity index is 1580. The lowest BCUT2D eigenvalue weighted by molar-refractivity contribution is 0.143. The van der Waals surface area contributed by atoms with Crippen LogP contribution in [0.15, 0.2) is 97.1 Å². The summed E-state index contributed by atoms with van der Waals surface area (Å²) in [5, 5.41) is 10.4. The highest BCUT2D eigenvalue weighted by atomic mass is 16.3. The van der Waals surface area contributed by atoms with Gasteiger partial charge >= 0.3 is 0 Å². The normalized spacial score (nSPS) is 13.0. The van der Waals surface area contributed by atoms with Crippen LogP contribution in [0.2, 0.25) is 0 Å². The summed E-state index contributed by atoms with van der Waals surface area (Å²) in [5.74, 6) is 6.40. The van der Waals surface area contributed by atoms with Gasteiger partial charge in [-0.05, 0) is 97.5 Å². The first kappa shape index (κ1) is 35.5. The molecule has 0 atom stereocenters. The first-order chi connectivity index (χ1) is 23.4. The Morgan fingerprint density at radius 3 is 1.56 bits per heavy atom. The minimum atomic E-state index is -1.02. The lowest BCUT2D eigenvalue weighted by Gasteiger charge is -2.34. The summed E-state index contributed by atoms with van der Waals surface area (Å²) in [5.41, 5.74) is 9.08. The number of unbranched alkanes of at least 4 members (excludes halogenated alkanes) is 10. The second-order valence-electron chi connectivity index (χ2n) is 14.4. The molecule has 0 saturated carbocycles. The van der Waals surface area contributed by atoms with Gasteiger partial charge in [-0.3, -0.25) is 0 Å². The van der Waals surface area contributed by atoms with Gasteiger partial charge in [0.2, 0.25) is 0 Å². The molecule has 4 aromatic rings. The second kappa shape index (κ2) is 17.0. The van der Waals surface area contributed by atoms with E-state index >= 15 is 0 Å². The summed E-state index contributed by atoms with van der Waals surface area (Å²) in [6.07, 6.45) is 17.8. The SMILES string of the molecule is CCCCCCCCC1(CCCCCCCC)c2cc(C#CC(C)(C)O)ccc2-c2ccc(N(c3ccccc3)c3ccccc3)cc21. The van der Waals surface area contributed by atoms with E-state index in [1.54, 1.807) is 13.8 Å². The van der Waals surface area contributed by atoms with E-state index in [4.69, 9.17) is 0 Å². The summed E-state index contributed by atoms with van der Waals surface area (Å²) >= 11 is 0. The molecule has 0 amide bonds. The maximum atomic E-state index is 10.4. The standard InChI is InChI=1S/C46H57NO/c1-5-7-9-11-13-21-32-46(33-22-14-12-10-8-6-2)43-35-37(31-34-45(3,4)48)27-29-41(43)42-30-28-40(36-44(42)46)47(38-23-17-15-18-24-38)39-25-19-16-20-26-39/h15-20,23-30,35-36,48H,5-14,21-22,32-33H2,1-4H3. The first-order valence-corrected chi connectivity index (χ1v) is 18.8. The molecule has 0 aliphatic heterocycles. The third-order valence-corrected chi connectivity index (χ3v) is 10.1. The van der Waals surface area contributed by atoms with Gasteiger partial charge in [0, 0.05) is 28.0 Å². The molecule has 48 heavy (non-hydrogen) atoms. The maximum Gasteiger partial charge on any atom is 0.120 e. The fraction of sp³-hybridized carbons (Fsp3) is 0.435. The van der Waals surface area contributed by atoms with Crippen LogP contribution in [0.5, 0.6) is 0 Å². The molecule has 2 nitrogen and oxygen atoms in total. The van der Waals surface area contributed by atoms with Crippen LogP contribution in [-0.2, 0) is 5.41 Å². The number of aliphatic hydroxyl groups is 1. The molecule has 0 radical (unpaired) electrons. The average molecular weight is 640 g/mol. The number of benzene rings is 4. The van der Waals surface area contributed by atoms with E-state index in [-0.39, 0.29) is 5.41 Å². The van der Waals surface area contributed by atoms with Crippen LogP contribution in [0, 0.1) is 11.8 Å². The van der Waals surface area contributed by atoms with Crippen molar-refractivity contribution in [3.63, 3.8) is 0 Å². The van der Waals surface area contributed by atoms with Crippen molar-refractivity contribution < 1.29 is 5.11 Å². The molecule has 1 N–H and O–H groups in total. The van der Waals surface area contributed by atoms with Crippen molar-refractivity contribution in [2.24, 2.45) is 0 Å². The molecule has 5 rings (SSSR count). The van der Waals surface area contributed by atoms with E-state index in [0.29, 0.717) is 0 Å².